The molecule has 6 heteroatoms. The van der Waals surface area contributed by atoms with Crippen LogP contribution in [-0.4, -0.2) is 10.9 Å². The van der Waals surface area contributed by atoms with Crippen LogP contribution < -0.4 is 10.1 Å². The molecule has 0 saturated carbocycles. The molecule has 2 aromatic heterocycles. The van der Waals surface area contributed by atoms with Gasteiger partial charge in [0, 0.05) is 0 Å². The van der Waals surface area contributed by atoms with Gasteiger partial charge in [0.1, 0.15) is 18.1 Å². The SMILES string of the molecule is Cc1ccc2nc(NC(=O)c3ccc(COc4ccccc4)o3)sc2c1. The molecule has 0 aliphatic rings. The molecule has 0 spiro atoms. The number of aromatic nitrogens is 1. The third kappa shape index (κ3) is 3.60. The lowest BCUT2D eigenvalue weighted by atomic mass is 10.2. The van der Waals surface area contributed by atoms with E-state index in [4.69, 9.17) is 9.15 Å². The topological polar surface area (TPSA) is 64.4 Å². The number of nitrogens with one attached hydrogen (secondary N) is 1. The van der Waals surface area contributed by atoms with E-state index in [1.807, 2.05) is 49.4 Å². The molecular weight excluding hydrogens is 348 g/mol. The Balaban J connectivity index is 1.42. The number of aryl methyl sites for hydroxylation is 1. The highest BCUT2D eigenvalue weighted by Crippen LogP contribution is 2.27. The summed E-state index contributed by atoms with van der Waals surface area (Å²) in [6.07, 6.45) is 0. The number of ether oxygens (including phenoxy) is 1. The molecule has 0 aliphatic heterocycles. The van der Waals surface area contributed by atoms with E-state index in [-0.39, 0.29) is 18.3 Å². The molecule has 130 valence electrons. The lowest BCUT2D eigenvalue weighted by Crippen LogP contribution is -2.10. The molecule has 0 atom stereocenters. The van der Waals surface area contributed by atoms with E-state index in [0.717, 1.165) is 21.5 Å². The van der Waals surface area contributed by atoms with Crippen molar-refractivity contribution in [2.24, 2.45) is 0 Å². The quantitative estimate of drug-likeness (QED) is 0.539. The second-order valence-corrected chi connectivity index (χ2v) is 6.84. The smallest absolute Gasteiger partial charge is 0.293 e. The number of anilines is 1. The molecule has 1 N–H and O–H groups in total. The summed E-state index contributed by atoms with van der Waals surface area (Å²) in [6, 6.07) is 18.8. The summed E-state index contributed by atoms with van der Waals surface area (Å²) >= 11 is 1.44. The van der Waals surface area contributed by atoms with Crippen molar-refractivity contribution in [1.82, 2.24) is 4.98 Å². The number of nitrogens with zero attached hydrogens (tertiary/aromatic N) is 1. The number of hydrogen-bond acceptors (Lipinski definition) is 5. The lowest BCUT2D eigenvalue weighted by Gasteiger charge is -2.03. The van der Waals surface area contributed by atoms with E-state index in [1.54, 1.807) is 12.1 Å². The minimum Gasteiger partial charge on any atom is -0.486 e. The number of rotatable bonds is 5. The summed E-state index contributed by atoms with van der Waals surface area (Å²) in [5, 5.41) is 3.34. The number of fused-ring (bicyclic) bond motifs is 1. The fourth-order valence-corrected chi connectivity index (χ4v) is 3.45. The highest BCUT2D eigenvalue weighted by molar-refractivity contribution is 7.22. The Morgan fingerprint density at radius 2 is 2.00 bits per heavy atom. The summed E-state index contributed by atoms with van der Waals surface area (Å²) in [5.74, 6) is 1.23. The van der Waals surface area contributed by atoms with Gasteiger partial charge in [-0.15, -0.1) is 0 Å². The molecular formula is C20H16N2O3S. The Labute approximate surface area is 154 Å². The Morgan fingerprint density at radius 1 is 1.15 bits per heavy atom. The Hall–Kier alpha value is -3.12. The zero-order chi connectivity index (χ0) is 17.9. The van der Waals surface area contributed by atoms with Gasteiger partial charge < -0.3 is 9.15 Å². The van der Waals surface area contributed by atoms with E-state index in [9.17, 15) is 4.79 Å². The molecule has 5 nitrogen and oxygen atoms in total. The number of para-hydroxylation sites is 1. The molecule has 4 aromatic rings. The van der Waals surface area contributed by atoms with E-state index in [2.05, 4.69) is 16.4 Å². The molecule has 26 heavy (non-hydrogen) atoms. The zero-order valence-corrected chi connectivity index (χ0v) is 14.9. The lowest BCUT2D eigenvalue weighted by molar-refractivity contribution is 0.0992. The molecule has 0 fully saturated rings. The highest BCUT2D eigenvalue weighted by Gasteiger charge is 2.14. The molecule has 2 heterocycles. The van der Waals surface area contributed by atoms with E-state index >= 15 is 0 Å². The molecule has 0 aliphatic carbocycles. The van der Waals surface area contributed by atoms with Crippen LogP contribution >= 0.6 is 11.3 Å². The van der Waals surface area contributed by atoms with Gasteiger partial charge in [-0.05, 0) is 48.9 Å². The van der Waals surface area contributed by atoms with Crippen molar-refractivity contribution < 1.29 is 13.9 Å². The van der Waals surface area contributed by atoms with Crippen LogP contribution in [0.1, 0.15) is 21.9 Å². The van der Waals surface area contributed by atoms with Crippen LogP contribution in [0, 0.1) is 6.92 Å². The van der Waals surface area contributed by atoms with Crippen LogP contribution in [0.15, 0.2) is 65.1 Å². The maximum atomic E-state index is 12.4. The van der Waals surface area contributed by atoms with Crippen LogP contribution in [0.25, 0.3) is 10.2 Å². The Bertz CT molecular complexity index is 1050. The van der Waals surface area contributed by atoms with Gasteiger partial charge in [0.2, 0.25) is 0 Å². The normalized spacial score (nSPS) is 10.8. The van der Waals surface area contributed by atoms with Crippen molar-refractivity contribution in [2.75, 3.05) is 5.32 Å². The van der Waals surface area contributed by atoms with Crippen molar-refractivity contribution in [3.05, 3.63) is 77.7 Å². The maximum absolute atomic E-state index is 12.4. The number of amides is 1. The third-order valence-electron chi connectivity index (χ3n) is 3.77. The monoisotopic (exact) mass is 364 g/mol. The average Bonchev–Trinajstić information content (AvgIpc) is 3.27. The van der Waals surface area contributed by atoms with Crippen LogP contribution in [0.3, 0.4) is 0 Å². The molecule has 0 saturated heterocycles. The predicted octanol–water partition coefficient (Wildman–Crippen LogP) is 5.03. The van der Waals surface area contributed by atoms with Gasteiger partial charge in [0.25, 0.3) is 5.91 Å². The van der Waals surface area contributed by atoms with Crippen LogP contribution in [-0.2, 0) is 6.61 Å². The average molecular weight is 364 g/mol. The first kappa shape index (κ1) is 16.4. The summed E-state index contributed by atoms with van der Waals surface area (Å²) in [4.78, 5) is 16.8. The first-order valence-electron chi connectivity index (χ1n) is 8.12. The van der Waals surface area contributed by atoms with Gasteiger partial charge in [0.15, 0.2) is 10.9 Å². The molecule has 2 aromatic carbocycles. The fourth-order valence-electron chi connectivity index (χ4n) is 2.49. The molecule has 4 rings (SSSR count). The first-order chi connectivity index (χ1) is 12.7. The zero-order valence-electron chi connectivity index (χ0n) is 14.1. The van der Waals surface area contributed by atoms with Crippen molar-refractivity contribution in [1.29, 1.82) is 0 Å². The number of carbonyl (C=O) groups excluding carboxylic acids is 1. The van der Waals surface area contributed by atoms with Gasteiger partial charge in [-0.25, -0.2) is 4.98 Å². The number of carbonyl (C=O) groups is 1. The summed E-state index contributed by atoms with van der Waals surface area (Å²) in [6.45, 7) is 2.29. The van der Waals surface area contributed by atoms with E-state index < -0.39 is 0 Å². The molecule has 0 unspecified atom stereocenters. The van der Waals surface area contributed by atoms with Crippen molar-refractivity contribution >= 4 is 32.6 Å². The van der Waals surface area contributed by atoms with Crippen LogP contribution in [0.5, 0.6) is 5.75 Å². The minimum absolute atomic E-state index is 0.229. The summed E-state index contributed by atoms with van der Waals surface area (Å²) < 4.78 is 12.2. The predicted molar refractivity (Wildman–Crippen MR) is 102 cm³/mol. The number of benzene rings is 2. The largest absolute Gasteiger partial charge is 0.486 e. The van der Waals surface area contributed by atoms with Gasteiger partial charge in [0.05, 0.1) is 10.2 Å². The fraction of sp³-hybridized carbons (Fsp3) is 0.100. The summed E-state index contributed by atoms with van der Waals surface area (Å²) in [5.41, 5.74) is 2.03. The van der Waals surface area contributed by atoms with Crippen molar-refractivity contribution in [3.8, 4) is 5.75 Å². The van der Waals surface area contributed by atoms with E-state index in [1.165, 1.54) is 11.3 Å². The molecule has 0 bridgehead atoms. The van der Waals surface area contributed by atoms with Crippen molar-refractivity contribution in [2.45, 2.75) is 13.5 Å². The van der Waals surface area contributed by atoms with Gasteiger partial charge in [-0.3, -0.25) is 10.1 Å². The van der Waals surface area contributed by atoms with Gasteiger partial charge in [-0.1, -0.05) is 35.6 Å². The molecule has 0 radical (unpaired) electrons. The van der Waals surface area contributed by atoms with Crippen molar-refractivity contribution in [3.63, 3.8) is 0 Å². The van der Waals surface area contributed by atoms with E-state index in [0.29, 0.717) is 10.9 Å². The van der Waals surface area contributed by atoms with Crippen LogP contribution in [0.4, 0.5) is 5.13 Å². The maximum Gasteiger partial charge on any atom is 0.293 e. The van der Waals surface area contributed by atoms with Crippen LogP contribution in [0.2, 0.25) is 0 Å². The Morgan fingerprint density at radius 3 is 2.85 bits per heavy atom. The molecule has 1 amide bonds. The highest BCUT2D eigenvalue weighted by atomic mass is 32.1. The second-order valence-electron chi connectivity index (χ2n) is 5.81. The summed E-state index contributed by atoms with van der Waals surface area (Å²) in [7, 11) is 0. The number of hydrogen-bond donors (Lipinski definition) is 1. The van der Waals surface area contributed by atoms with Gasteiger partial charge >= 0.3 is 0 Å². The Kier molecular flexibility index (Phi) is 4.41. The number of furan rings is 1. The first-order valence-corrected chi connectivity index (χ1v) is 8.94. The standard InChI is InChI=1S/C20H16N2O3S/c1-13-7-9-16-18(11-13)26-20(21-16)22-19(23)17-10-8-15(25-17)12-24-14-5-3-2-4-6-14/h2-11H,12H2,1H3,(H,21,22,23). The van der Waals surface area contributed by atoms with Gasteiger partial charge in [-0.2, -0.15) is 0 Å². The number of thiazole rings is 1. The second kappa shape index (κ2) is 7.01. The third-order valence-corrected chi connectivity index (χ3v) is 4.71. The minimum atomic E-state index is -0.327.